The highest BCUT2D eigenvalue weighted by Crippen LogP contribution is 2.17. The zero-order valence-electron chi connectivity index (χ0n) is 8.28. The molecule has 0 aliphatic rings. The van der Waals surface area contributed by atoms with Crippen molar-refractivity contribution in [3.8, 4) is 0 Å². The minimum Gasteiger partial charge on any atom is -0.472 e. The average Bonchev–Trinajstić information content (AvgIpc) is 2.57. The SMILES string of the molecule is COC(C)(C)C(O)Cc1ccoc1. The number of furan rings is 1. The monoisotopic (exact) mass is 184 g/mol. The maximum atomic E-state index is 9.78. The molecule has 0 bridgehead atoms. The van der Waals surface area contributed by atoms with Crippen molar-refractivity contribution in [2.24, 2.45) is 0 Å². The Morgan fingerprint density at radius 3 is 2.77 bits per heavy atom. The fourth-order valence-electron chi connectivity index (χ4n) is 1.01. The summed E-state index contributed by atoms with van der Waals surface area (Å²) in [7, 11) is 1.60. The Balaban J connectivity index is 2.55. The Hall–Kier alpha value is -0.800. The minimum absolute atomic E-state index is 0.517. The van der Waals surface area contributed by atoms with E-state index in [0.717, 1.165) is 5.56 Å². The Morgan fingerprint density at radius 2 is 2.31 bits per heavy atom. The van der Waals surface area contributed by atoms with E-state index >= 15 is 0 Å². The molecule has 0 saturated carbocycles. The highest BCUT2D eigenvalue weighted by molar-refractivity contribution is 5.08. The van der Waals surface area contributed by atoms with Gasteiger partial charge in [-0.05, 0) is 25.5 Å². The van der Waals surface area contributed by atoms with Gasteiger partial charge in [0.2, 0.25) is 0 Å². The Labute approximate surface area is 78.3 Å². The van der Waals surface area contributed by atoms with Crippen LogP contribution < -0.4 is 0 Å². The molecule has 1 atom stereocenters. The van der Waals surface area contributed by atoms with Gasteiger partial charge < -0.3 is 14.3 Å². The summed E-state index contributed by atoms with van der Waals surface area (Å²) >= 11 is 0. The van der Waals surface area contributed by atoms with E-state index in [1.165, 1.54) is 0 Å². The molecule has 1 N–H and O–H groups in total. The summed E-state index contributed by atoms with van der Waals surface area (Å²) in [6, 6.07) is 1.84. The van der Waals surface area contributed by atoms with Crippen molar-refractivity contribution in [1.29, 1.82) is 0 Å². The Kier molecular flexibility index (Phi) is 3.12. The van der Waals surface area contributed by atoms with Gasteiger partial charge in [-0.25, -0.2) is 0 Å². The Morgan fingerprint density at radius 1 is 1.62 bits per heavy atom. The third kappa shape index (κ3) is 2.57. The van der Waals surface area contributed by atoms with E-state index in [9.17, 15) is 5.11 Å². The number of rotatable bonds is 4. The first-order valence-electron chi connectivity index (χ1n) is 4.30. The first-order valence-corrected chi connectivity index (χ1v) is 4.30. The second kappa shape index (κ2) is 3.94. The minimum atomic E-state index is -0.518. The predicted octanol–water partition coefficient (Wildman–Crippen LogP) is 1.61. The average molecular weight is 184 g/mol. The van der Waals surface area contributed by atoms with Crippen LogP contribution >= 0.6 is 0 Å². The van der Waals surface area contributed by atoms with Gasteiger partial charge in [0.25, 0.3) is 0 Å². The van der Waals surface area contributed by atoms with Gasteiger partial charge in [-0.3, -0.25) is 0 Å². The second-order valence-electron chi connectivity index (χ2n) is 3.66. The summed E-state index contributed by atoms with van der Waals surface area (Å²) in [5.74, 6) is 0. The lowest BCUT2D eigenvalue weighted by atomic mass is 9.96. The molecule has 0 amide bonds. The lowest BCUT2D eigenvalue weighted by molar-refractivity contribution is -0.0765. The molecule has 1 unspecified atom stereocenters. The number of ether oxygens (including phenoxy) is 1. The van der Waals surface area contributed by atoms with Gasteiger partial charge in [-0.1, -0.05) is 0 Å². The molecular weight excluding hydrogens is 168 g/mol. The van der Waals surface area contributed by atoms with Gasteiger partial charge in [0.05, 0.1) is 24.2 Å². The summed E-state index contributed by atoms with van der Waals surface area (Å²) in [4.78, 5) is 0. The van der Waals surface area contributed by atoms with Gasteiger partial charge >= 0.3 is 0 Å². The smallest absolute Gasteiger partial charge is 0.0935 e. The van der Waals surface area contributed by atoms with Crippen LogP contribution in [-0.2, 0) is 11.2 Å². The first-order chi connectivity index (χ1) is 6.06. The van der Waals surface area contributed by atoms with E-state index in [2.05, 4.69) is 0 Å². The van der Waals surface area contributed by atoms with Crippen LogP contribution in [0.4, 0.5) is 0 Å². The van der Waals surface area contributed by atoms with Gasteiger partial charge in [0.1, 0.15) is 0 Å². The van der Waals surface area contributed by atoms with Crippen LogP contribution in [0.1, 0.15) is 19.4 Å². The summed E-state index contributed by atoms with van der Waals surface area (Å²) in [6.07, 6.45) is 3.27. The largest absolute Gasteiger partial charge is 0.472 e. The van der Waals surface area contributed by atoms with E-state index in [1.807, 2.05) is 19.9 Å². The molecule has 0 aromatic carbocycles. The number of methoxy groups -OCH3 is 1. The molecular formula is C10H16O3. The molecule has 0 saturated heterocycles. The molecule has 3 heteroatoms. The van der Waals surface area contributed by atoms with Crippen molar-refractivity contribution >= 4 is 0 Å². The zero-order valence-corrected chi connectivity index (χ0v) is 8.28. The molecule has 0 fully saturated rings. The summed E-state index contributed by atoms with van der Waals surface area (Å²) in [5, 5.41) is 9.78. The molecule has 3 nitrogen and oxygen atoms in total. The van der Waals surface area contributed by atoms with Gasteiger partial charge in [-0.15, -0.1) is 0 Å². The van der Waals surface area contributed by atoms with Gasteiger partial charge in [-0.2, -0.15) is 0 Å². The highest BCUT2D eigenvalue weighted by Gasteiger charge is 2.27. The number of hydrogen-bond donors (Lipinski definition) is 1. The lowest BCUT2D eigenvalue weighted by Crippen LogP contribution is -2.39. The molecule has 1 aromatic heterocycles. The van der Waals surface area contributed by atoms with Crippen molar-refractivity contribution in [3.63, 3.8) is 0 Å². The standard InChI is InChI=1S/C10H16O3/c1-10(2,12-3)9(11)6-8-4-5-13-7-8/h4-5,7,9,11H,6H2,1-3H3. The number of aliphatic hydroxyl groups is 1. The maximum absolute atomic E-state index is 9.78. The van der Waals surface area contributed by atoms with Crippen molar-refractivity contribution in [3.05, 3.63) is 24.2 Å². The van der Waals surface area contributed by atoms with E-state index < -0.39 is 11.7 Å². The summed E-state index contributed by atoms with van der Waals surface area (Å²) in [6.45, 7) is 3.72. The van der Waals surface area contributed by atoms with Crippen LogP contribution in [0.5, 0.6) is 0 Å². The number of hydrogen-bond acceptors (Lipinski definition) is 3. The fraction of sp³-hybridized carbons (Fsp3) is 0.600. The molecule has 1 rings (SSSR count). The third-order valence-corrected chi connectivity index (χ3v) is 2.34. The summed E-state index contributed by atoms with van der Waals surface area (Å²) in [5.41, 5.74) is 0.467. The number of aliphatic hydroxyl groups excluding tert-OH is 1. The van der Waals surface area contributed by atoms with Crippen LogP contribution in [0.25, 0.3) is 0 Å². The third-order valence-electron chi connectivity index (χ3n) is 2.34. The highest BCUT2D eigenvalue weighted by atomic mass is 16.5. The normalized spacial score (nSPS) is 14.5. The van der Waals surface area contributed by atoms with E-state index in [1.54, 1.807) is 19.6 Å². The molecule has 0 radical (unpaired) electrons. The van der Waals surface area contributed by atoms with Crippen molar-refractivity contribution in [2.45, 2.75) is 32.0 Å². The van der Waals surface area contributed by atoms with Crippen LogP contribution in [0.3, 0.4) is 0 Å². The second-order valence-corrected chi connectivity index (χ2v) is 3.66. The predicted molar refractivity (Wildman–Crippen MR) is 49.5 cm³/mol. The molecule has 0 spiro atoms. The van der Waals surface area contributed by atoms with E-state index in [4.69, 9.17) is 9.15 Å². The quantitative estimate of drug-likeness (QED) is 0.773. The van der Waals surface area contributed by atoms with Crippen LogP contribution in [-0.4, -0.2) is 23.9 Å². The zero-order chi connectivity index (χ0) is 9.90. The van der Waals surface area contributed by atoms with Crippen LogP contribution in [0.15, 0.2) is 23.0 Å². The van der Waals surface area contributed by atoms with Crippen LogP contribution in [0.2, 0.25) is 0 Å². The maximum Gasteiger partial charge on any atom is 0.0935 e. The molecule has 1 heterocycles. The van der Waals surface area contributed by atoms with Gasteiger partial charge in [0, 0.05) is 13.5 Å². The molecule has 1 aromatic rings. The summed E-state index contributed by atoms with van der Waals surface area (Å²) < 4.78 is 10.1. The molecule has 0 aliphatic heterocycles. The topological polar surface area (TPSA) is 42.6 Å². The molecule has 74 valence electrons. The Bertz CT molecular complexity index is 239. The lowest BCUT2D eigenvalue weighted by Gasteiger charge is -2.28. The van der Waals surface area contributed by atoms with Crippen LogP contribution in [0, 0.1) is 0 Å². The molecule has 0 aliphatic carbocycles. The van der Waals surface area contributed by atoms with Crippen molar-refractivity contribution in [1.82, 2.24) is 0 Å². The van der Waals surface area contributed by atoms with Crippen molar-refractivity contribution in [2.75, 3.05) is 7.11 Å². The van der Waals surface area contributed by atoms with E-state index in [0.29, 0.717) is 6.42 Å². The van der Waals surface area contributed by atoms with E-state index in [-0.39, 0.29) is 0 Å². The van der Waals surface area contributed by atoms with Gasteiger partial charge in [0.15, 0.2) is 0 Å². The first kappa shape index (κ1) is 10.3. The molecule has 13 heavy (non-hydrogen) atoms. The van der Waals surface area contributed by atoms with Crippen molar-refractivity contribution < 1.29 is 14.3 Å². The fourth-order valence-corrected chi connectivity index (χ4v) is 1.01.